The van der Waals surface area contributed by atoms with Gasteiger partial charge in [0.2, 0.25) is 0 Å². The highest BCUT2D eigenvalue weighted by Crippen LogP contribution is 2.20. The monoisotopic (exact) mass is 220 g/mol. The molecule has 1 unspecified atom stereocenters. The van der Waals surface area contributed by atoms with Gasteiger partial charge < -0.3 is 5.11 Å². The highest BCUT2D eigenvalue weighted by molar-refractivity contribution is 5.70. The Labute approximate surface area is 97.3 Å². The second-order valence-electron chi connectivity index (χ2n) is 4.49. The molecule has 1 atom stereocenters. The average Bonchev–Trinajstić information content (AvgIpc) is 2.24. The van der Waals surface area contributed by atoms with Crippen LogP contribution in [0.3, 0.4) is 0 Å². The van der Waals surface area contributed by atoms with Gasteiger partial charge in [-0.15, -0.1) is 0 Å². The fourth-order valence-electron chi connectivity index (χ4n) is 1.85. The quantitative estimate of drug-likeness (QED) is 0.846. The van der Waals surface area contributed by atoms with E-state index in [0.29, 0.717) is 6.42 Å². The molecule has 0 spiro atoms. The predicted molar refractivity (Wildman–Crippen MR) is 65.8 cm³/mol. The summed E-state index contributed by atoms with van der Waals surface area (Å²) >= 11 is 0. The highest BCUT2D eigenvalue weighted by atomic mass is 16.4. The summed E-state index contributed by atoms with van der Waals surface area (Å²) in [5.41, 5.74) is 4.94. The number of carboxylic acid groups (broad SMARTS) is 1. The van der Waals surface area contributed by atoms with Gasteiger partial charge in [0, 0.05) is 0 Å². The summed E-state index contributed by atoms with van der Waals surface area (Å²) in [6, 6.07) is 4.33. The van der Waals surface area contributed by atoms with Crippen LogP contribution in [-0.4, -0.2) is 11.1 Å². The third-order valence-corrected chi connectivity index (χ3v) is 3.19. The Kier molecular flexibility index (Phi) is 4.11. The number of hydrogen-bond donors (Lipinski definition) is 1. The summed E-state index contributed by atoms with van der Waals surface area (Å²) in [7, 11) is 0. The molecule has 0 aromatic heterocycles. The van der Waals surface area contributed by atoms with Crippen LogP contribution in [0.15, 0.2) is 12.1 Å². The van der Waals surface area contributed by atoms with Crippen molar-refractivity contribution in [2.24, 2.45) is 5.92 Å². The first kappa shape index (κ1) is 12.8. The zero-order chi connectivity index (χ0) is 12.3. The Balaban J connectivity index is 3.03. The van der Waals surface area contributed by atoms with E-state index >= 15 is 0 Å². The second-order valence-corrected chi connectivity index (χ2v) is 4.49. The predicted octanol–water partition coefficient (Wildman–Crippen LogP) is 3.13. The van der Waals surface area contributed by atoms with Crippen molar-refractivity contribution in [1.82, 2.24) is 0 Å². The molecule has 0 amide bonds. The Bertz CT molecular complexity index is 394. The van der Waals surface area contributed by atoms with Crippen molar-refractivity contribution in [3.63, 3.8) is 0 Å². The van der Waals surface area contributed by atoms with E-state index in [2.05, 4.69) is 32.9 Å². The smallest absolute Gasteiger partial charge is 0.306 e. The molecule has 1 N–H and O–H groups in total. The average molecular weight is 220 g/mol. The molecule has 0 radical (unpaired) electrons. The Morgan fingerprint density at radius 3 is 2.50 bits per heavy atom. The molecule has 0 aliphatic rings. The van der Waals surface area contributed by atoms with Gasteiger partial charge in [-0.05, 0) is 48.9 Å². The standard InChI is InChI=1S/C14H20O2/c1-5-12-6-9(2)11(4)13(8-12)7-10(3)14(15)16/h6,8,10H,5,7H2,1-4H3,(H,15,16). The van der Waals surface area contributed by atoms with Crippen molar-refractivity contribution >= 4 is 5.97 Å². The Morgan fingerprint density at radius 1 is 1.38 bits per heavy atom. The van der Waals surface area contributed by atoms with Crippen molar-refractivity contribution in [1.29, 1.82) is 0 Å². The second kappa shape index (κ2) is 5.15. The zero-order valence-corrected chi connectivity index (χ0v) is 10.5. The largest absolute Gasteiger partial charge is 0.481 e. The molecule has 2 nitrogen and oxygen atoms in total. The minimum atomic E-state index is -0.723. The number of rotatable bonds is 4. The van der Waals surface area contributed by atoms with Gasteiger partial charge in [0.1, 0.15) is 0 Å². The lowest BCUT2D eigenvalue weighted by atomic mass is 9.92. The summed E-state index contributed by atoms with van der Waals surface area (Å²) in [6.07, 6.45) is 1.62. The number of benzene rings is 1. The van der Waals surface area contributed by atoms with Gasteiger partial charge in [0.25, 0.3) is 0 Å². The minimum Gasteiger partial charge on any atom is -0.481 e. The van der Waals surface area contributed by atoms with Gasteiger partial charge in [-0.2, -0.15) is 0 Å². The van der Waals surface area contributed by atoms with E-state index in [-0.39, 0.29) is 5.92 Å². The van der Waals surface area contributed by atoms with Crippen molar-refractivity contribution in [3.05, 3.63) is 34.4 Å². The third-order valence-electron chi connectivity index (χ3n) is 3.19. The van der Waals surface area contributed by atoms with Gasteiger partial charge in [-0.25, -0.2) is 0 Å². The molecule has 1 aromatic rings. The molecule has 0 heterocycles. The molecule has 1 aromatic carbocycles. The first-order valence-electron chi connectivity index (χ1n) is 5.77. The SMILES string of the molecule is CCc1cc(C)c(C)c(CC(C)C(=O)O)c1. The van der Waals surface area contributed by atoms with E-state index in [1.54, 1.807) is 6.92 Å². The van der Waals surface area contributed by atoms with E-state index in [1.807, 2.05) is 0 Å². The molecule has 1 rings (SSSR count). The number of hydrogen-bond acceptors (Lipinski definition) is 1. The molecule has 0 aliphatic carbocycles. The maximum Gasteiger partial charge on any atom is 0.306 e. The van der Waals surface area contributed by atoms with Crippen molar-refractivity contribution in [2.75, 3.05) is 0 Å². The van der Waals surface area contributed by atoms with E-state index in [1.165, 1.54) is 22.3 Å². The van der Waals surface area contributed by atoms with E-state index in [0.717, 1.165) is 6.42 Å². The van der Waals surface area contributed by atoms with Gasteiger partial charge in [-0.3, -0.25) is 4.79 Å². The van der Waals surface area contributed by atoms with Gasteiger partial charge >= 0.3 is 5.97 Å². The molecule has 0 bridgehead atoms. The molecule has 88 valence electrons. The highest BCUT2D eigenvalue weighted by Gasteiger charge is 2.14. The first-order chi connectivity index (χ1) is 7.45. The van der Waals surface area contributed by atoms with Crippen LogP contribution in [0.5, 0.6) is 0 Å². The minimum absolute atomic E-state index is 0.315. The fraction of sp³-hybridized carbons (Fsp3) is 0.500. The number of aliphatic carboxylic acids is 1. The third kappa shape index (κ3) is 2.84. The number of carbonyl (C=O) groups is 1. The van der Waals surface area contributed by atoms with Crippen molar-refractivity contribution in [2.45, 2.75) is 40.5 Å². The van der Waals surface area contributed by atoms with Crippen LogP contribution in [0.2, 0.25) is 0 Å². The maximum absolute atomic E-state index is 10.9. The summed E-state index contributed by atoms with van der Waals surface area (Å²) in [6.45, 7) is 8.03. The van der Waals surface area contributed by atoms with Crippen LogP contribution in [0.4, 0.5) is 0 Å². The first-order valence-corrected chi connectivity index (χ1v) is 5.77. The van der Waals surface area contributed by atoms with E-state index in [9.17, 15) is 4.79 Å². The normalized spacial score (nSPS) is 12.5. The fourth-order valence-corrected chi connectivity index (χ4v) is 1.85. The van der Waals surface area contributed by atoms with Crippen LogP contribution in [0.1, 0.15) is 36.1 Å². The lowest BCUT2D eigenvalue weighted by molar-refractivity contribution is -0.141. The van der Waals surface area contributed by atoms with E-state index < -0.39 is 5.97 Å². The zero-order valence-electron chi connectivity index (χ0n) is 10.5. The van der Waals surface area contributed by atoms with Crippen LogP contribution < -0.4 is 0 Å². The molecule has 0 saturated carbocycles. The number of carboxylic acids is 1. The van der Waals surface area contributed by atoms with Gasteiger partial charge in [-0.1, -0.05) is 26.0 Å². The molecular weight excluding hydrogens is 200 g/mol. The Morgan fingerprint density at radius 2 is 2.00 bits per heavy atom. The topological polar surface area (TPSA) is 37.3 Å². The molecular formula is C14H20O2. The van der Waals surface area contributed by atoms with Crippen LogP contribution in [0, 0.1) is 19.8 Å². The van der Waals surface area contributed by atoms with Gasteiger partial charge in [0.05, 0.1) is 5.92 Å². The summed E-state index contributed by atoms with van der Waals surface area (Å²) < 4.78 is 0. The molecule has 2 heteroatoms. The summed E-state index contributed by atoms with van der Waals surface area (Å²) in [5.74, 6) is -1.04. The van der Waals surface area contributed by atoms with Crippen molar-refractivity contribution < 1.29 is 9.90 Å². The van der Waals surface area contributed by atoms with E-state index in [4.69, 9.17) is 5.11 Å². The number of aryl methyl sites for hydroxylation is 2. The van der Waals surface area contributed by atoms with Crippen LogP contribution in [-0.2, 0) is 17.6 Å². The molecule has 16 heavy (non-hydrogen) atoms. The summed E-state index contributed by atoms with van der Waals surface area (Å²) in [5, 5.41) is 8.93. The lowest BCUT2D eigenvalue weighted by Gasteiger charge is -2.13. The van der Waals surface area contributed by atoms with Crippen molar-refractivity contribution in [3.8, 4) is 0 Å². The summed E-state index contributed by atoms with van der Waals surface area (Å²) in [4.78, 5) is 10.9. The van der Waals surface area contributed by atoms with Crippen LogP contribution >= 0.6 is 0 Å². The molecule has 0 fully saturated rings. The van der Waals surface area contributed by atoms with Crippen LogP contribution in [0.25, 0.3) is 0 Å². The van der Waals surface area contributed by atoms with Gasteiger partial charge in [0.15, 0.2) is 0 Å². The Hall–Kier alpha value is -1.31. The molecule has 0 aliphatic heterocycles. The molecule has 0 saturated heterocycles. The lowest BCUT2D eigenvalue weighted by Crippen LogP contribution is -2.13. The maximum atomic E-state index is 10.9.